The minimum absolute atomic E-state index is 0.188. The molecule has 130 valence electrons. The summed E-state index contributed by atoms with van der Waals surface area (Å²) in [6, 6.07) is 16.9. The van der Waals surface area contributed by atoms with Gasteiger partial charge in [-0.05, 0) is 37.5 Å². The zero-order valence-corrected chi connectivity index (χ0v) is 14.8. The van der Waals surface area contributed by atoms with Crippen LogP contribution in [-0.2, 0) is 11.2 Å². The number of methoxy groups -OCH3 is 1. The van der Waals surface area contributed by atoms with Crippen molar-refractivity contribution in [1.29, 1.82) is 0 Å². The van der Waals surface area contributed by atoms with E-state index in [2.05, 4.69) is 42.2 Å². The van der Waals surface area contributed by atoms with E-state index in [0.717, 1.165) is 30.8 Å². The molecule has 2 aliphatic heterocycles. The molecule has 0 radical (unpaired) electrons. The Morgan fingerprint density at radius 3 is 2.68 bits per heavy atom. The summed E-state index contributed by atoms with van der Waals surface area (Å²) in [6.45, 7) is 3.57. The third-order valence-corrected chi connectivity index (χ3v) is 5.56. The molecule has 0 N–H and O–H groups in total. The lowest BCUT2D eigenvalue weighted by molar-refractivity contribution is -0.123. The van der Waals surface area contributed by atoms with Gasteiger partial charge in [-0.2, -0.15) is 0 Å². The van der Waals surface area contributed by atoms with Crippen LogP contribution in [0.15, 0.2) is 48.5 Å². The third kappa shape index (κ3) is 2.81. The normalized spacial score (nSPS) is 21.4. The van der Waals surface area contributed by atoms with Gasteiger partial charge in [0.25, 0.3) is 0 Å². The van der Waals surface area contributed by atoms with Crippen LogP contribution in [0.2, 0.25) is 0 Å². The first-order valence-corrected chi connectivity index (χ1v) is 8.96. The van der Waals surface area contributed by atoms with Crippen molar-refractivity contribution in [2.75, 3.05) is 25.1 Å². The SMILES string of the molecule is COc1cccc2c1CC[C@@H]1CN([C@@H](C)c3ccccc3)CC(=O)N21. The minimum atomic E-state index is 0.188. The van der Waals surface area contributed by atoms with Crippen LogP contribution in [0, 0.1) is 0 Å². The van der Waals surface area contributed by atoms with Crippen LogP contribution in [0.5, 0.6) is 5.75 Å². The number of piperazine rings is 1. The van der Waals surface area contributed by atoms with E-state index in [1.165, 1.54) is 11.1 Å². The minimum Gasteiger partial charge on any atom is -0.496 e. The summed E-state index contributed by atoms with van der Waals surface area (Å²) in [5, 5.41) is 0. The molecule has 4 rings (SSSR count). The fraction of sp³-hybridized carbons (Fsp3) is 0.381. The van der Waals surface area contributed by atoms with Crippen LogP contribution < -0.4 is 9.64 Å². The van der Waals surface area contributed by atoms with Gasteiger partial charge in [-0.15, -0.1) is 0 Å². The molecule has 4 heteroatoms. The van der Waals surface area contributed by atoms with E-state index >= 15 is 0 Å². The molecule has 2 aromatic carbocycles. The van der Waals surface area contributed by atoms with Crippen molar-refractivity contribution in [2.24, 2.45) is 0 Å². The Labute approximate surface area is 149 Å². The first kappa shape index (κ1) is 16.2. The Morgan fingerprint density at radius 2 is 1.92 bits per heavy atom. The standard InChI is InChI=1S/C21H24N2O2/c1-15(16-7-4-3-5-8-16)22-13-17-11-12-18-19(23(17)21(24)14-22)9-6-10-20(18)25-2/h3-10,15,17H,11-14H2,1-2H3/t15-,17+/m0/s1. The molecule has 4 nitrogen and oxygen atoms in total. The number of hydrogen-bond donors (Lipinski definition) is 0. The molecule has 0 saturated carbocycles. The van der Waals surface area contributed by atoms with Gasteiger partial charge in [-0.25, -0.2) is 0 Å². The van der Waals surface area contributed by atoms with Crippen molar-refractivity contribution < 1.29 is 9.53 Å². The molecular formula is C21H24N2O2. The summed E-state index contributed by atoms with van der Waals surface area (Å²) in [4.78, 5) is 17.3. The predicted octanol–water partition coefficient (Wildman–Crippen LogP) is 3.42. The van der Waals surface area contributed by atoms with E-state index in [1.54, 1.807) is 7.11 Å². The van der Waals surface area contributed by atoms with Crippen molar-refractivity contribution in [3.8, 4) is 5.75 Å². The second-order valence-electron chi connectivity index (χ2n) is 6.93. The molecule has 0 aromatic heterocycles. The van der Waals surface area contributed by atoms with E-state index in [0.29, 0.717) is 6.54 Å². The van der Waals surface area contributed by atoms with Crippen molar-refractivity contribution in [3.63, 3.8) is 0 Å². The number of hydrogen-bond acceptors (Lipinski definition) is 3. The van der Waals surface area contributed by atoms with Crippen molar-refractivity contribution >= 4 is 11.6 Å². The Balaban J connectivity index is 1.60. The molecule has 25 heavy (non-hydrogen) atoms. The summed E-state index contributed by atoms with van der Waals surface area (Å²) < 4.78 is 5.50. The van der Waals surface area contributed by atoms with Crippen LogP contribution in [0.3, 0.4) is 0 Å². The topological polar surface area (TPSA) is 32.8 Å². The van der Waals surface area contributed by atoms with Crippen LogP contribution in [-0.4, -0.2) is 37.0 Å². The lowest BCUT2D eigenvalue weighted by Gasteiger charge is -2.46. The van der Waals surface area contributed by atoms with Crippen molar-refractivity contribution in [1.82, 2.24) is 4.90 Å². The zero-order valence-electron chi connectivity index (χ0n) is 14.8. The number of carbonyl (C=O) groups excluding carboxylic acids is 1. The molecule has 1 fully saturated rings. The lowest BCUT2D eigenvalue weighted by atomic mass is 9.92. The fourth-order valence-electron chi connectivity index (χ4n) is 4.19. The van der Waals surface area contributed by atoms with Crippen LogP contribution in [0.4, 0.5) is 5.69 Å². The molecule has 0 spiro atoms. The van der Waals surface area contributed by atoms with Crippen molar-refractivity contribution in [3.05, 3.63) is 59.7 Å². The Morgan fingerprint density at radius 1 is 1.12 bits per heavy atom. The summed E-state index contributed by atoms with van der Waals surface area (Å²) >= 11 is 0. The molecule has 0 bridgehead atoms. The van der Waals surface area contributed by atoms with E-state index in [9.17, 15) is 4.79 Å². The number of anilines is 1. The van der Waals surface area contributed by atoms with Crippen LogP contribution in [0.1, 0.15) is 30.5 Å². The first-order valence-electron chi connectivity index (χ1n) is 8.96. The lowest BCUT2D eigenvalue weighted by Crippen LogP contribution is -2.58. The Bertz CT molecular complexity index is 775. The molecule has 2 aromatic rings. The second-order valence-corrected chi connectivity index (χ2v) is 6.93. The zero-order chi connectivity index (χ0) is 17.4. The van der Waals surface area contributed by atoms with Crippen molar-refractivity contribution in [2.45, 2.75) is 31.8 Å². The number of fused-ring (bicyclic) bond motifs is 3. The van der Waals surface area contributed by atoms with Gasteiger partial charge in [0.05, 0.1) is 25.4 Å². The number of benzene rings is 2. The largest absolute Gasteiger partial charge is 0.496 e. The van der Waals surface area contributed by atoms with Gasteiger partial charge >= 0.3 is 0 Å². The highest BCUT2D eigenvalue weighted by molar-refractivity contribution is 5.97. The molecule has 1 saturated heterocycles. The maximum absolute atomic E-state index is 13.0. The second kappa shape index (κ2) is 6.52. The van der Waals surface area contributed by atoms with E-state index < -0.39 is 0 Å². The van der Waals surface area contributed by atoms with Gasteiger partial charge in [-0.3, -0.25) is 9.69 Å². The van der Waals surface area contributed by atoms with Gasteiger partial charge in [-0.1, -0.05) is 36.4 Å². The maximum atomic E-state index is 13.0. The number of nitrogens with zero attached hydrogens (tertiary/aromatic N) is 2. The summed E-state index contributed by atoms with van der Waals surface area (Å²) in [5.41, 5.74) is 3.47. The van der Waals surface area contributed by atoms with Gasteiger partial charge in [0.1, 0.15) is 5.75 Å². The third-order valence-electron chi connectivity index (χ3n) is 5.56. The average molecular weight is 336 g/mol. The number of amides is 1. The highest BCUT2D eigenvalue weighted by atomic mass is 16.5. The van der Waals surface area contributed by atoms with Gasteiger partial charge < -0.3 is 9.64 Å². The van der Waals surface area contributed by atoms with Gasteiger partial charge in [0, 0.05) is 18.2 Å². The number of ether oxygens (including phenoxy) is 1. The highest BCUT2D eigenvalue weighted by Crippen LogP contribution is 2.39. The van der Waals surface area contributed by atoms with Gasteiger partial charge in [0.2, 0.25) is 5.91 Å². The molecular weight excluding hydrogens is 312 g/mol. The Kier molecular flexibility index (Phi) is 4.22. The van der Waals surface area contributed by atoms with Gasteiger partial charge in [0.15, 0.2) is 0 Å². The summed E-state index contributed by atoms with van der Waals surface area (Å²) in [6.07, 6.45) is 1.94. The van der Waals surface area contributed by atoms with Crippen LogP contribution >= 0.6 is 0 Å². The highest BCUT2D eigenvalue weighted by Gasteiger charge is 2.39. The van der Waals surface area contributed by atoms with E-state index in [1.807, 2.05) is 23.1 Å². The quantitative estimate of drug-likeness (QED) is 0.861. The molecule has 1 amide bonds. The van der Waals surface area contributed by atoms with E-state index in [4.69, 9.17) is 4.74 Å². The first-order chi connectivity index (χ1) is 12.2. The molecule has 2 atom stereocenters. The molecule has 0 aliphatic carbocycles. The maximum Gasteiger partial charge on any atom is 0.241 e. The van der Waals surface area contributed by atoms with Crippen LogP contribution in [0.25, 0.3) is 0 Å². The Hall–Kier alpha value is -2.33. The monoisotopic (exact) mass is 336 g/mol. The number of rotatable bonds is 3. The molecule has 0 unspecified atom stereocenters. The predicted molar refractivity (Wildman–Crippen MR) is 99.0 cm³/mol. The average Bonchev–Trinajstić information content (AvgIpc) is 2.66. The molecule has 2 heterocycles. The smallest absolute Gasteiger partial charge is 0.241 e. The molecule has 2 aliphatic rings. The number of carbonyl (C=O) groups is 1. The summed E-state index contributed by atoms with van der Waals surface area (Å²) in [5.74, 6) is 1.08. The summed E-state index contributed by atoms with van der Waals surface area (Å²) in [7, 11) is 1.70. The fourth-order valence-corrected chi connectivity index (χ4v) is 4.19. The van der Waals surface area contributed by atoms with E-state index in [-0.39, 0.29) is 18.0 Å².